The topological polar surface area (TPSA) is 64.3 Å². The number of rotatable bonds is 5. The second-order valence-electron chi connectivity index (χ2n) is 5.42. The predicted molar refractivity (Wildman–Crippen MR) is 83.6 cm³/mol. The van der Waals surface area contributed by atoms with Crippen LogP contribution in [0.3, 0.4) is 0 Å². The highest BCUT2D eigenvalue weighted by molar-refractivity contribution is 5.94. The lowest BCUT2D eigenvalue weighted by Crippen LogP contribution is -2.14. The van der Waals surface area contributed by atoms with E-state index in [1.54, 1.807) is 0 Å². The Labute approximate surface area is 144 Å². The Bertz CT molecular complexity index is 949. The smallest absolute Gasteiger partial charge is 0.417 e. The Morgan fingerprint density at radius 2 is 1.96 bits per heavy atom. The average molecular weight is 368 g/mol. The van der Waals surface area contributed by atoms with Crippen LogP contribution in [-0.4, -0.2) is 27.2 Å². The summed E-state index contributed by atoms with van der Waals surface area (Å²) in [7, 11) is 0. The fourth-order valence-corrected chi connectivity index (χ4v) is 2.53. The van der Waals surface area contributed by atoms with Gasteiger partial charge in [-0.25, -0.2) is 14.2 Å². The molecular formula is C17H12F4N2O3. The largest absolute Gasteiger partial charge is 0.477 e. The molecule has 0 saturated carbocycles. The molecule has 26 heavy (non-hydrogen) atoms. The van der Waals surface area contributed by atoms with Crippen LogP contribution < -0.4 is 4.74 Å². The summed E-state index contributed by atoms with van der Waals surface area (Å²) in [6.07, 6.45) is -3.83. The zero-order valence-corrected chi connectivity index (χ0v) is 13.1. The van der Waals surface area contributed by atoms with E-state index >= 15 is 0 Å². The molecule has 2 aromatic heterocycles. The third-order valence-electron chi connectivity index (χ3n) is 3.71. The van der Waals surface area contributed by atoms with Crippen LogP contribution in [0.4, 0.5) is 17.6 Å². The predicted octanol–water partition coefficient (Wildman–Crippen LogP) is 3.97. The summed E-state index contributed by atoms with van der Waals surface area (Å²) < 4.78 is 57.5. The van der Waals surface area contributed by atoms with Gasteiger partial charge >= 0.3 is 12.1 Å². The molecule has 0 unspecified atom stereocenters. The Kier molecular flexibility index (Phi) is 4.54. The van der Waals surface area contributed by atoms with E-state index in [0.29, 0.717) is 17.1 Å². The van der Waals surface area contributed by atoms with Gasteiger partial charge < -0.3 is 14.4 Å². The lowest BCUT2D eigenvalue weighted by Gasteiger charge is -2.11. The van der Waals surface area contributed by atoms with Gasteiger partial charge in [-0.1, -0.05) is 0 Å². The number of benzene rings is 1. The minimum absolute atomic E-state index is 0.0163. The molecule has 0 aliphatic rings. The molecule has 9 heteroatoms. The van der Waals surface area contributed by atoms with Crippen molar-refractivity contribution in [2.45, 2.75) is 12.7 Å². The summed E-state index contributed by atoms with van der Waals surface area (Å²) in [6, 6.07) is 7.16. The van der Waals surface area contributed by atoms with Crippen LogP contribution in [0.2, 0.25) is 0 Å². The van der Waals surface area contributed by atoms with Crippen LogP contribution in [0.1, 0.15) is 16.1 Å². The van der Waals surface area contributed by atoms with Crippen molar-refractivity contribution >= 4 is 16.9 Å². The molecule has 0 aliphatic carbocycles. The molecule has 3 rings (SSSR count). The first kappa shape index (κ1) is 17.7. The van der Waals surface area contributed by atoms with Gasteiger partial charge in [0.1, 0.15) is 18.1 Å². The molecule has 1 aromatic carbocycles. The molecule has 1 N–H and O–H groups in total. The molecular weight excluding hydrogens is 356 g/mol. The summed E-state index contributed by atoms with van der Waals surface area (Å²) in [6.45, 7) is 0.0687. The lowest BCUT2D eigenvalue weighted by atomic mass is 10.2. The molecule has 0 spiro atoms. The van der Waals surface area contributed by atoms with Gasteiger partial charge in [-0.15, -0.1) is 0 Å². The van der Waals surface area contributed by atoms with Crippen LogP contribution in [-0.2, 0) is 12.7 Å². The van der Waals surface area contributed by atoms with Gasteiger partial charge in [0.15, 0.2) is 0 Å². The number of hydrogen-bond acceptors (Lipinski definition) is 3. The van der Waals surface area contributed by atoms with Crippen LogP contribution in [0, 0.1) is 5.82 Å². The van der Waals surface area contributed by atoms with Crippen molar-refractivity contribution in [1.29, 1.82) is 0 Å². The molecule has 0 saturated heterocycles. The van der Waals surface area contributed by atoms with E-state index in [-0.39, 0.29) is 24.7 Å². The van der Waals surface area contributed by atoms with Crippen molar-refractivity contribution in [3.63, 3.8) is 0 Å². The Hall–Kier alpha value is -3.10. The van der Waals surface area contributed by atoms with Gasteiger partial charge in [0.25, 0.3) is 0 Å². The molecule has 2 heterocycles. The van der Waals surface area contributed by atoms with E-state index in [4.69, 9.17) is 4.74 Å². The first-order valence-corrected chi connectivity index (χ1v) is 7.44. The maximum atomic E-state index is 13.3. The normalized spacial score (nSPS) is 11.7. The quantitative estimate of drug-likeness (QED) is 0.692. The number of alkyl halides is 3. The first-order valence-electron chi connectivity index (χ1n) is 7.44. The molecule has 5 nitrogen and oxygen atoms in total. The van der Waals surface area contributed by atoms with Gasteiger partial charge in [0.2, 0.25) is 5.88 Å². The third kappa shape index (κ3) is 3.61. The van der Waals surface area contributed by atoms with E-state index < -0.39 is 23.5 Å². The van der Waals surface area contributed by atoms with Crippen molar-refractivity contribution in [2.24, 2.45) is 0 Å². The number of aromatic carboxylic acids is 1. The van der Waals surface area contributed by atoms with Gasteiger partial charge in [0, 0.05) is 23.2 Å². The zero-order chi connectivity index (χ0) is 18.9. The number of halogens is 4. The fourth-order valence-electron chi connectivity index (χ4n) is 2.53. The molecule has 0 bridgehead atoms. The van der Waals surface area contributed by atoms with Crippen molar-refractivity contribution in [2.75, 3.05) is 6.61 Å². The monoisotopic (exact) mass is 368 g/mol. The van der Waals surface area contributed by atoms with Gasteiger partial charge in [0.05, 0.1) is 12.1 Å². The van der Waals surface area contributed by atoms with Crippen LogP contribution >= 0.6 is 0 Å². The number of nitrogens with zero attached hydrogens (tertiary/aromatic N) is 2. The lowest BCUT2D eigenvalue weighted by molar-refractivity contribution is -0.137. The molecule has 3 aromatic rings. The molecule has 0 fully saturated rings. The van der Waals surface area contributed by atoms with Crippen LogP contribution in [0.15, 0.2) is 42.6 Å². The minimum atomic E-state index is -4.48. The van der Waals surface area contributed by atoms with Crippen molar-refractivity contribution in [3.8, 4) is 5.88 Å². The van der Waals surface area contributed by atoms with Gasteiger partial charge in [-0.2, -0.15) is 13.2 Å². The van der Waals surface area contributed by atoms with Gasteiger partial charge in [-0.3, -0.25) is 0 Å². The van der Waals surface area contributed by atoms with Crippen molar-refractivity contribution in [1.82, 2.24) is 9.55 Å². The fraction of sp³-hybridized carbons (Fsp3) is 0.176. The van der Waals surface area contributed by atoms with Crippen molar-refractivity contribution in [3.05, 3.63) is 59.7 Å². The summed E-state index contributed by atoms with van der Waals surface area (Å²) in [4.78, 5) is 14.9. The number of carboxylic acids is 1. The molecule has 136 valence electrons. The number of carboxylic acid groups (broad SMARTS) is 1. The molecule has 0 atom stereocenters. The third-order valence-corrected chi connectivity index (χ3v) is 3.71. The summed E-state index contributed by atoms with van der Waals surface area (Å²) in [5, 5.41) is 9.71. The van der Waals surface area contributed by atoms with Crippen molar-refractivity contribution < 1.29 is 32.2 Å². The summed E-state index contributed by atoms with van der Waals surface area (Å²) in [5.41, 5.74) is -0.432. The maximum absolute atomic E-state index is 13.3. The van der Waals surface area contributed by atoms with E-state index in [1.807, 2.05) is 0 Å². The van der Waals surface area contributed by atoms with E-state index in [2.05, 4.69) is 4.98 Å². The van der Waals surface area contributed by atoms with E-state index in [9.17, 15) is 27.5 Å². The number of pyridine rings is 1. The van der Waals surface area contributed by atoms with Gasteiger partial charge in [-0.05, 0) is 30.3 Å². The number of aromatic nitrogens is 2. The average Bonchev–Trinajstić information content (AvgIpc) is 2.92. The standard InChI is InChI=1S/C17H12F4N2O3/c18-12-2-3-13-10(7-12)8-14(16(24)25)23(13)5-6-26-15-4-1-11(9-22-15)17(19,20)21/h1-4,7-9H,5-6H2,(H,24,25). The number of ether oxygens (including phenoxy) is 1. The Morgan fingerprint density at radius 3 is 2.58 bits per heavy atom. The van der Waals surface area contributed by atoms with E-state index in [1.165, 1.54) is 28.8 Å². The summed E-state index contributed by atoms with van der Waals surface area (Å²) in [5.74, 6) is -1.69. The second kappa shape index (κ2) is 6.66. The molecule has 0 amide bonds. The number of hydrogen-bond donors (Lipinski definition) is 1. The maximum Gasteiger partial charge on any atom is 0.417 e. The second-order valence-corrected chi connectivity index (χ2v) is 5.42. The highest BCUT2D eigenvalue weighted by atomic mass is 19.4. The summed E-state index contributed by atoms with van der Waals surface area (Å²) >= 11 is 0. The highest BCUT2D eigenvalue weighted by Crippen LogP contribution is 2.29. The first-order chi connectivity index (χ1) is 12.3. The van der Waals surface area contributed by atoms with Crippen LogP contribution in [0.25, 0.3) is 10.9 Å². The Balaban J connectivity index is 1.75. The molecule has 0 radical (unpaired) electrons. The number of fused-ring (bicyclic) bond motifs is 1. The SMILES string of the molecule is O=C(O)c1cc2cc(F)ccc2n1CCOc1ccc(C(F)(F)F)cn1. The highest BCUT2D eigenvalue weighted by Gasteiger charge is 2.30. The zero-order valence-electron chi connectivity index (χ0n) is 13.1. The molecule has 0 aliphatic heterocycles. The number of carbonyl (C=O) groups is 1. The van der Waals surface area contributed by atoms with E-state index in [0.717, 1.165) is 12.1 Å². The Morgan fingerprint density at radius 1 is 1.19 bits per heavy atom. The minimum Gasteiger partial charge on any atom is -0.477 e. The van der Waals surface area contributed by atoms with Crippen LogP contribution in [0.5, 0.6) is 5.88 Å².